The minimum atomic E-state index is -0.286. The second kappa shape index (κ2) is 6.46. The molecule has 1 N–H and O–H groups in total. The lowest BCUT2D eigenvalue weighted by molar-refractivity contribution is -0.0855. The predicted octanol–water partition coefficient (Wildman–Crippen LogP) is 1.50. The molecule has 1 fully saturated rings. The van der Waals surface area contributed by atoms with Gasteiger partial charge < -0.3 is 14.7 Å². The Bertz CT molecular complexity index is 173. The van der Waals surface area contributed by atoms with Crippen LogP contribution in [0.2, 0.25) is 0 Å². The van der Waals surface area contributed by atoms with Gasteiger partial charge in [0.25, 0.3) is 0 Å². The third-order valence-corrected chi connectivity index (χ3v) is 3.01. The van der Waals surface area contributed by atoms with Gasteiger partial charge in [0.2, 0.25) is 0 Å². The van der Waals surface area contributed by atoms with Gasteiger partial charge in [-0.15, -0.1) is 0 Å². The van der Waals surface area contributed by atoms with E-state index in [1.807, 2.05) is 0 Å². The normalized spacial score (nSPS) is 25.8. The van der Waals surface area contributed by atoms with Crippen LogP contribution in [-0.2, 0) is 4.74 Å². The third kappa shape index (κ3) is 4.96. The Morgan fingerprint density at radius 3 is 2.73 bits per heavy atom. The first-order chi connectivity index (χ1) is 7.09. The lowest BCUT2D eigenvalue weighted by Crippen LogP contribution is -2.45. The fraction of sp³-hybridized carbons (Fsp3) is 1.00. The van der Waals surface area contributed by atoms with E-state index in [2.05, 4.69) is 25.8 Å². The number of morpholine rings is 1. The lowest BCUT2D eigenvalue weighted by atomic mass is 10.0. The van der Waals surface area contributed by atoms with Gasteiger partial charge >= 0.3 is 0 Å². The highest BCUT2D eigenvalue weighted by molar-refractivity contribution is 4.76. The maximum atomic E-state index is 9.95. The molecule has 0 saturated carbocycles. The van der Waals surface area contributed by atoms with Crippen LogP contribution in [0.3, 0.4) is 0 Å². The Hall–Kier alpha value is -0.120. The molecule has 90 valence electrons. The molecule has 0 amide bonds. The van der Waals surface area contributed by atoms with Crippen LogP contribution in [0.15, 0.2) is 0 Å². The summed E-state index contributed by atoms with van der Waals surface area (Å²) in [6.45, 7) is 7.04. The van der Waals surface area contributed by atoms with Crippen molar-refractivity contribution < 1.29 is 9.84 Å². The van der Waals surface area contributed by atoms with Crippen molar-refractivity contribution in [2.24, 2.45) is 5.92 Å². The SMILES string of the molecule is CC(C)CCCC(O)C1CN(C)CCO1. The van der Waals surface area contributed by atoms with E-state index < -0.39 is 0 Å². The zero-order valence-electron chi connectivity index (χ0n) is 10.3. The van der Waals surface area contributed by atoms with E-state index >= 15 is 0 Å². The summed E-state index contributed by atoms with van der Waals surface area (Å²) in [6, 6.07) is 0. The summed E-state index contributed by atoms with van der Waals surface area (Å²) < 4.78 is 5.58. The molecule has 2 atom stereocenters. The molecule has 0 spiro atoms. The van der Waals surface area contributed by atoms with E-state index in [9.17, 15) is 5.11 Å². The van der Waals surface area contributed by atoms with E-state index in [-0.39, 0.29) is 12.2 Å². The van der Waals surface area contributed by atoms with E-state index in [1.54, 1.807) is 0 Å². The largest absolute Gasteiger partial charge is 0.390 e. The standard InChI is InChI=1S/C12H25NO2/c1-10(2)5-4-6-11(14)12-9-13(3)7-8-15-12/h10-12,14H,4-9H2,1-3H3. The van der Waals surface area contributed by atoms with Gasteiger partial charge in [-0.25, -0.2) is 0 Å². The van der Waals surface area contributed by atoms with Crippen molar-refractivity contribution in [3.05, 3.63) is 0 Å². The van der Waals surface area contributed by atoms with Crippen molar-refractivity contribution in [3.8, 4) is 0 Å². The van der Waals surface area contributed by atoms with Crippen molar-refractivity contribution in [3.63, 3.8) is 0 Å². The number of hydrogen-bond donors (Lipinski definition) is 1. The average Bonchev–Trinajstić information content (AvgIpc) is 2.17. The number of aliphatic hydroxyl groups is 1. The number of likely N-dealkylation sites (N-methyl/N-ethyl adjacent to an activating group) is 1. The Kier molecular flexibility index (Phi) is 5.58. The van der Waals surface area contributed by atoms with E-state index in [4.69, 9.17) is 4.74 Å². The summed E-state index contributed by atoms with van der Waals surface area (Å²) >= 11 is 0. The summed E-state index contributed by atoms with van der Waals surface area (Å²) in [6.07, 6.45) is 2.90. The molecule has 1 aliphatic rings. The van der Waals surface area contributed by atoms with Crippen molar-refractivity contribution >= 4 is 0 Å². The first-order valence-electron chi connectivity index (χ1n) is 6.08. The molecule has 0 aromatic carbocycles. The van der Waals surface area contributed by atoms with Crippen LogP contribution in [0.25, 0.3) is 0 Å². The van der Waals surface area contributed by atoms with Crippen molar-refractivity contribution in [2.45, 2.75) is 45.3 Å². The summed E-state index contributed by atoms with van der Waals surface area (Å²) in [4.78, 5) is 2.22. The molecule has 2 unspecified atom stereocenters. The maximum Gasteiger partial charge on any atom is 0.0960 e. The third-order valence-electron chi connectivity index (χ3n) is 3.01. The Morgan fingerprint density at radius 2 is 2.13 bits per heavy atom. The topological polar surface area (TPSA) is 32.7 Å². The highest BCUT2D eigenvalue weighted by Crippen LogP contribution is 2.14. The fourth-order valence-electron chi connectivity index (χ4n) is 1.96. The molecule has 0 aromatic rings. The molecule has 3 nitrogen and oxygen atoms in total. The second-order valence-corrected chi connectivity index (χ2v) is 5.06. The highest BCUT2D eigenvalue weighted by atomic mass is 16.5. The zero-order valence-corrected chi connectivity index (χ0v) is 10.3. The minimum Gasteiger partial charge on any atom is -0.390 e. The number of rotatable bonds is 5. The maximum absolute atomic E-state index is 9.95. The number of aliphatic hydroxyl groups excluding tert-OH is 1. The van der Waals surface area contributed by atoms with Gasteiger partial charge in [0.15, 0.2) is 0 Å². The Balaban J connectivity index is 2.17. The number of hydrogen-bond acceptors (Lipinski definition) is 3. The molecule has 15 heavy (non-hydrogen) atoms. The van der Waals surface area contributed by atoms with Gasteiger partial charge in [0, 0.05) is 13.1 Å². The van der Waals surface area contributed by atoms with Gasteiger partial charge in [-0.3, -0.25) is 0 Å². The first-order valence-corrected chi connectivity index (χ1v) is 6.08. The van der Waals surface area contributed by atoms with Crippen LogP contribution in [0.5, 0.6) is 0 Å². The molecule has 0 radical (unpaired) electrons. The number of ether oxygens (including phenoxy) is 1. The molecule has 1 rings (SSSR count). The molecule has 3 heteroatoms. The summed E-state index contributed by atoms with van der Waals surface area (Å²) in [7, 11) is 2.08. The zero-order chi connectivity index (χ0) is 11.3. The predicted molar refractivity (Wildman–Crippen MR) is 61.9 cm³/mol. The summed E-state index contributed by atoms with van der Waals surface area (Å²) in [5, 5.41) is 9.95. The highest BCUT2D eigenvalue weighted by Gasteiger charge is 2.24. The second-order valence-electron chi connectivity index (χ2n) is 5.06. The van der Waals surface area contributed by atoms with Gasteiger partial charge in [-0.1, -0.05) is 26.7 Å². The van der Waals surface area contributed by atoms with Crippen LogP contribution in [0.4, 0.5) is 0 Å². The van der Waals surface area contributed by atoms with Crippen molar-refractivity contribution in [1.82, 2.24) is 4.90 Å². The van der Waals surface area contributed by atoms with Crippen LogP contribution in [-0.4, -0.2) is 49.0 Å². The minimum absolute atomic E-state index is 0.0240. The van der Waals surface area contributed by atoms with Crippen molar-refractivity contribution in [2.75, 3.05) is 26.7 Å². The first kappa shape index (κ1) is 12.9. The van der Waals surface area contributed by atoms with Gasteiger partial charge in [-0.05, 0) is 19.4 Å². The molecule has 1 aliphatic heterocycles. The van der Waals surface area contributed by atoms with Crippen LogP contribution in [0, 0.1) is 5.92 Å². The molecular formula is C12H25NO2. The van der Waals surface area contributed by atoms with Gasteiger partial charge in [0.1, 0.15) is 0 Å². The summed E-state index contributed by atoms with van der Waals surface area (Å²) in [5.74, 6) is 0.729. The molecule has 0 aromatic heterocycles. The van der Waals surface area contributed by atoms with E-state index in [1.165, 1.54) is 6.42 Å². The van der Waals surface area contributed by atoms with E-state index in [0.717, 1.165) is 38.5 Å². The monoisotopic (exact) mass is 215 g/mol. The molecular weight excluding hydrogens is 190 g/mol. The van der Waals surface area contributed by atoms with Gasteiger partial charge in [0.05, 0.1) is 18.8 Å². The molecule has 0 bridgehead atoms. The molecule has 1 saturated heterocycles. The Labute approximate surface area is 93.4 Å². The summed E-state index contributed by atoms with van der Waals surface area (Å²) in [5.41, 5.74) is 0. The van der Waals surface area contributed by atoms with Gasteiger partial charge in [-0.2, -0.15) is 0 Å². The Morgan fingerprint density at radius 1 is 1.40 bits per heavy atom. The van der Waals surface area contributed by atoms with Crippen LogP contribution >= 0.6 is 0 Å². The molecule has 1 heterocycles. The smallest absolute Gasteiger partial charge is 0.0960 e. The van der Waals surface area contributed by atoms with Crippen LogP contribution < -0.4 is 0 Å². The van der Waals surface area contributed by atoms with E-state index in [0.29, 0.717) is 0 Å². The van der Waals surface area contributed by atoms with Crippen molar-refractivity contribution in [1.29, 1.82) is 0 Å². The quantitative estimate of drug-likeness (QED) is 0.754. The fourth-order valence-corrected chi connectivity index (χ4v) is 1.96. The average molecular weight is 215 g/mol. The lowest BCUT2D eigenvalue weighted by Gasteiger charge is -2.33. The van der Waals surface area contributed by atoms with Crippen LogP contribution in [0.1, 0.15) is 33.1 Å². The number of nitrogens with zero attached hydrogens (tertiary/aromatic N) is 1. The molecule has 0 aliphatic carbocycles.